The first-order valence-electron chi connectivity index (χ1n) is 9.35. The molecule has 0 amide bonds. The summed E-state index contributed by atoms with van der Waals surface area (Å²) in [6, 6.07) is 8.22. The Hall–Kier alpha value is -2.71. The molecule has 1 aromatic carbocycles. The molecular formula is C20H21N7S. The zero-order chi connectivity index (χ0) is 19.1. The third-order valence-corrected chi connectivity index (χ3v) is 6.22. The van der Waals surface area contributed by atoms with Gasteiger partial charge in [-0.3, -0.25) is 4.98 Å². The second-order valence-corrected chi connectivity index (χ2v) is 8.60. The van der Waals surface area contributed by atoms with E-state index in [1.165, 1.54) is 0 Å². The Bertz CT molecular complexity index is 1140. The summed E-state index contributed by atoms with van der Waals surface area (Å²) in [5.74, 6) is 0.821. The van der Waals surface area contributed by atoms with Gasteiger partial charge in [-0.2, -0.15) is 4.98 Å². The van der Waals surface area contributed by atoms with Gasteiger partial charge in [0.15, 0.2) is 11.3 Å². The predicted molar refractivity (Wildman–Crippen MR) is 112 cm³/mol. The van der Waals surface area contributed by atoms with Gasteiger partial charge < -0.3 is 15.6 Å². The highest BCUT2D eigenvalue weighted by atomic mass is 32.2. The summed E-state index contributed by atoms with van der Waals surface area (Å²) in [7, 11) is 0. The van der Waals surface area contributed by atoms with Crippen LogP contribution in [0.3, 0.4) is 0 Å². The Morgan fingerprint density at radius 1 is 1.14 bits per heavy atom. The van der Waals surface area contributed by atoms with Crippen LogP contribution in [0.5, 0.6) is 0 Å². The molecule has 1 fully saturated rings. The van der Waals surface area contributed by atoms with Crippen molar-refractivity contribution in [2.24, 2.45) is 5.73 Å². The molecule has 28 heavy (non-hydrogen) atoms. The number of aromatic nitrogens is 5. The van der Waals surface area contributed by atoms with E-state index >= 15 is 0 Å². The van der Waals surface area contributed by atoms with E-state index < -0.39 is 0 Å². The number of hydrogen-bond donors (Lipinski definition) is 2. The minimum absolute atomic E-state index is 0.0872. The first-order chi connectivity index (χ1) is 13.6. The quantitative estimate of drug-likeness (QED) is 0.553. The lowest BCUT2D eigenvalue weighted by atomic mass is 9.91. The maximum atomic E-state index is 6.24. The molecule has 3 N–H and O–H groups in total. The predicted octanol–water partition coefficient (Wildman–Crippen LogP) is 3.37. The number of nitrogens with zero attached hydrogens (tertiary/aromatic N) is 5. The zero-order valence-corrected chi connectivity index (χ0v) is 16.4. The average molecular weight is 392 g/mol. The minimum atomic E-state index is -0.0872. The van der Waals surface area contributed by atoms with E-state index in [-0.39, 0.29) is 5.54 Å². The molecule has 1 aliphatic rings. The van der Waals surface area contributed by atoms with E-state index in [1.807, 2.05) is 24.5 Å². The van der Waals surface area contributed by atoms with Crippen LogP contribution >= 0.6 is 11.8 Å². The van der Waals surface area contributed by atoms with Crippen molar-refractivity contribution >= 4 is 39.8 Å². The van der Waals surface area contributed by atoms with Gasteiger partial charge in [0.25, 0.3) is 0 Å². The summed E-state index contributed by atoms with van der Waals surface area (Å²) >= 11 is 1.58. The summed E-state index contributed by atoms with van der Waals surface area (Å²) in [6.07, 6.45) is 7.37. The van der Waals surface area contributed by atoms with Gasteiger partial charge >= 0.3 is 0 Å². The number of fused-ring (bicyclic) bond motifs is 2. The molecule has 0 unspecified atom stereocenters. The minimum Gasteiger partial charge on any atom is -0.342 e. The maximum absolute atomic E-state index is 6.24. The highest BCUT2D eigenvalue weighted by Gasteiger charge is 2.27. The third kappa shape index (κ3) is 3.29. The van der Waals surface area contributed by atoms with Crippen molar-refractivity contribution in [2.75, 3.05) is 18.0 Å². The summed E-state index contributed by atoms with van der Waals surface area (Å²) in [4.78, 5) is 24.8. The van der Waals surface area contributed by atoms with E-state index in [9.17, 15) is 0 Å². The molecule has 1 saturated heterocycles. The molecule has 0 saturated carbocycles. The Morgan fingerprint density at radius 3 is 2.86 bits per heavy atom. The van der Waals surface area contributed by atoms with Gasteiger partial charge in [0.05, 0.1) is 6.20 Å². The fourth-order valence-corrected chi connectivity index (χ4v) is 4.37. The lowest BCUT2D eigenvalue weighted by molar-refractivity contribution is 0.362. The summed E-state index contributed by atoms with van der Waals surface area (Å²) in [6.45, 7) is 3.88. The third-order valence-electron chi connectivity index (χ3n) is 5.24. The largest absolute Gasteiger partial charge is 0.342 e. The van der Waals surface area contributed by atoms with Crippen LogP contribution in [-0.4, -0.2) is 43.5 Å². The number of rotatable bonds is 3. The van der Waals surface area contributed by atoms with Crippen LogP contribution in [0.15, 0.2) is 52.8 Å². The number of aromatic amines is 1. The summed E-state index contributed by atoms with van der Waals surface area (Å²) < 4.78 is 0. The topological polar surface area (TPSA) is 96.6 Å². The van der Waals surface area contributed by atoms with E-state index in [1.54, 1.807) is 18.0 Å². The standard InChI is InChI=1S/C20H21N7S/c1-20(21)6-9-27(10-7-20)19-25-17-18(26-19)24-16(12-23-17)28-15-4-2-3-13-5-8-22-11-14(13)15/h2-5,8,11-12H,6-7,9-10,21H2,1H3,(H,23,24,25,26). The van der Waals surface area contributed by atoms with Gasteiger partial charge in [0.2, 0.25) is 5.95 Å². The van der Waals surface area contributed by atoms with Gasteiger partial charge in [-0.25, -0.2) is 9.97 Å². The molecule has 4 heterocycles. The lowest BCUT2D eigenvalue weighted by Gasteiger charge is -2.36. The number of benzene rings is 1. The SMILES string of the molecule is CC1(N)CCN(c2nc3nc(Sc4cccc5ccncc45)cnc3[nH]2)CC1. The number of nitrogens with two attached hydrogens (primary N) is 1. The van der Waals surface area contributed by atoms with Gasteiger partial charge in [-0.15, -0.1) is 0 Å². The van der Waals surface area contributed by atoms with Crippen LogP contribution in [0.1, 0.15) is 19.8 Å². The maximum Gasteiger partial charge on any atom is 0.206 e. The van der Waals surface area contributed by atoms with Crippen molar-refractivity contribution in [3.63, 3.8) is 0 Å². The van der Waals surface area contributed by atoms with Crippen LogP contribution in [0.4, 0.5) is 5.95 Å². The lowest BCUT2D eigenvalue weighted by Crippen LogP contribution is -2.48. The Labute approximate surface area is 166 Å². The van der Waals surface area contributed by atoms with Crippen LogP contribution in [0.25, 0.3) is 22.1 Å². The number of imidazole rings is 1. The van der Waals surface area contributed by atoms with E-state index in [2.05, 4.69) is 43.9 Å². The van der Waals surface area contributed by atoms with Crippen LogP contribution in [0, 0.1) is 0 Å². The van der Waals surface area contributed by atoms with E-state index in [0.717, 1.165) is 52.6 Å². The Kier molecular flexibility index (Phi) is 4.17. The molecule has 1 aliphatic heterocycles. The molecule has 0 spiro atoms. The van der Waals surface area contributed by atoms with Crippen LogP contribution < -0.4 is 10.6 Å². The zero-order valence-electron chi connectivity index (χ0n) is 15.6. The van der Waals surface area contributed by atoms with E-state index in [4.69, 9.17) is 10.7 Å². The molecule has 7 nitrogen and oxygen atoms in total. The highest BCUT2D eigenvalue weighted by Crippen LogP contribution is 2.32. The Balaban J connectivity index is 1.42. The van der Waals surface area contributed by atoms with Crippen molar-refractivity contribution in [3.05, 3.63) is 42.9 Å². The second kappa shape index (κ2) is 6.72. The van der Waals surface area contributed by atoms with E-state index in [0.29, 0.717) is 11.3 Å². The number of anilines is 1. The Morgan fingerprint density at radius 2 is 2.00 bits per heavy atom. The monoisotopic (exact) mass is 391 g/mol. The van der Waals surface area contributed by atoms with Crippen molar-refractivity contribution in [3.8, 4) is 0 Å². The van der Waals surface area contributed by atoms with Crippen molar-refractivity contribution in [1.82, 2.24) is 24.9 Å². The van der Waals surface area contributed by atoms with Gasteiger partial charge in [0, 0.05) is 41.3 Å². The number of pyridine rings is 1. The molecule has 0 aliphatic carbocycles. The second-order valence-electron chi connectivity index (χ2n) is 7.54. The first kappa shape index (κ1) is 17.4. The molecular weight excluding hydrogens is 370 g/mol. The average Bonchev–Trinajstić information content (AvgIpc) is 3.11. The molecule has 0 radical (unpaired) electrons. The van der Waals surface area contributed by atoms with Gasteiger partial charge in [0.1, 0.15) is 5.03 Å². The van der Waals surface area contributed by atoms with Crippen LogP contribution in [-0.2, 0) is 0 Å². The van der Waals surface area contributed by atoms with Gasteiger partial charge in [-0.05, 0) is 37.3 Å². The van der Waals surface area contributed by atoms with Crippen molar-refractivity contribution in [1.29, 1.82) is 0 Å². The highest BCUT2D eigenvalue weighted by molar-refractivity contribution is 7.99. The molecule has 0 bridgehead atoms. The number of piperidine rings is 1. The summed E-state index contributed by atoms with van der Waals surface area (Å²) in [5, 5.41) is 3.08. The number of hydrogen-bond acceptors (Lipinski definition) is 7. The molecule has 3 aromatic heterocycles. The number of H-pyrrole nitrogens is 1. The molecule has 142 valence electrons. The van der Waals surface area contributed by atoms with Crippen molar-refractivity contribution in [2.45, 2.75) is 35.2 Å². The first-order valence-corrected chi connectivity index (χ1v) is 10.2. The van der Waals surface area contributed by atoms with Crippen molar-refractivity contribution < 1.29 is 0 Å². The van der Waals surface area contributed by atoms with Gasteiger partial charge in [-0.1, -0.05) is 23.9 Å². The molecule has 0 atom stereocenters. The fourth-order valence-electron chi connectivity index (χ4n) is 3.48. The summed E-state index contributed by atoms with van der Waals surface area (Å²) in [5.41, 5.74) is 7.50. The molecule has 4 aromatic rings. The smallest absolute Gasteiger partial charge is 0.206 e. The van der Waals surface area contributed by atoms with Crippen LogP contribution in [0.2, 0.25) is 0 Å². The molecule has 5 rings (SSSR count). The normalized spacial score (nSPS) is 16.7. The fraction of sp³-hybridized carbons (Fsp3) is 0.300. The molecule has 8 heteroatoms. The number of nitrogens with one attached hydrogen (secondary N) is 1.